The quantitative estimate of drug-likeness (QED) is 0.187. The lowest BCUT2D eigenvalue weighted by Crippen LogP contribution is -2.12. The van der Waals surface area contributed by atoms with E-state index in [4.69, 9.17) is 19.4 Å². The molecule has 2 aliphatic rings. The van der Waals surface area contributed by atoms with Gasteiger partial charge >= 0.3 is 0 Å². The molecule has 8 aromatic rings. The van der Waals surface area contributed by atoms with E-state index in [1.54, 1.807) is 0 Å². The van der Waals surface area contributed by atoms with E-state index in [1.807, 2.05) is 18.2 Å². The molecule has 0 amide bonds. The van der Waals surface area contributed by atoms with E-state index in [-0.39, 0.29) is 6.04 Å². The van der Waals surface area contributed by atoms with Gasteiger partial charge < -0.3 is 8.98 Å². The van der Waals surface area contributed by atoms with Crippen molar-refractivity contribution in [1.82, 2.24) is 19.5 Å². The van der Waals surface area contributed by atoms with Crippen molar-refractivity contribution in [2.45, 2.75) is 25.3 Å². The van der Waals surface area contributed by atoms with Crippen LogP contribution in [0, 0.1) is 0 Å². The Kier molecular flexibility index (Phi) is 6.69. The summed E-state index contributed by atoms with van der Waals surface area (Å²) >= 11 is 0. The molecule has 0 fully saturated rings. The Morgan fingerprint density at radius 1 is 0.540 bits per heavy atom. The predicted molar refractivity (Wildman–Crippen MR) is 203 cm³/mol. The third-order valence-corrected chi connectivity index (χ3v) is 10.1. The zero-order valence-corrected chi connectivity index (χ0v) is 27.3. The van der Waals surface area contributed by atoms with Gasteiger partial charge in [-0.3, -0.25) is 0 Å². The third-order valence-electron chi connectivity index (χ3n) is 10.1. The van der Waals surface area contributed by atoms with Gasteiger partial charge in [0.2, 0.25) is 0 Å². The van der Waals surface area contributed by atoms with Crippen LogP contribution in [0.25, 0.3) is 72.8 Å². The molecule has 5 nitrogen and oxygen atoms in total. The minimum Gasteiger partial charge on any atom is -0.460 e. The minimum atomic E-state index is 0.145. The third kappa shape index (κ3) is 4.81. The monoisotopic (exact) mass is 644 g/mol. The van der Waals surface area contributed by atoms with E-state index < -0.39 is 0 Å². The van der Waals surface area contributed by atoms with E-state index in [9.17, 15) is 0 Å². The predicted octanol–water partition coefficient (Wildman–Crippen LogP) is 11.1. The first-order valence-corrected chi connectivity index (χ1v) is 17.3. The first kappa shape index (κ1) is 28.7. The van der Waals surface area contributed by atoms with Gasteiger partial charge in [-0.1, -0.05) is 127 Å². The van der Waals surface area contributed by atoms with Crippen molar-refractivity contribution in [3.05, 3.63) is 168 Å². The molecule has 5 heteroatoms. The van der Waals surface area contributed by atoms with Crippen LogP contribution >= 0.6 is 0 Å². The fourth-order valence-electron chi connectivity index (χ4n) is 7.67. The SMILES string of the molecule is C1=CC(n2c3ccccc3c3ccccc32)Cc2oc3cc(-c4nc(C5=CC=C(c6ccccc6)CC5)nc(-c5ccccc5)n4)ccc3c21. The summed E-state index contributed by atoms with van der Waals surface area (Å²) in [4.78, 5) is 15.1. The maximum Gasteiger partial charge on any atom is 0.164 e. The van der Waals surface area contributed by atoms with Gasteiger partial charge in [-0.05, 0) is 53.8 Å². The molecule has 0 N–H and O–H groups in total. The Morgan fingerprint density at radius 2 is 1.14 bits per heavy atom. The lowest BCUT2D eigenvalue weighted by atomic mass is 9.93. The molecular formula is C45H32N4O. The molecule has 3 heterocycles. The molecule has 2 aliphatic carbocycles. The summed E-state index contributed by atoms with van der Waals surface area (Å²) in [5.41, 5.74) is 10.0. The maximum atomic E-state index is 6.67. The first-order chi connectivity index (χ1) is 24.8. The van der Waals surface area contributed by atoms with Crippen LogP contribution in [-0.2, 0) is 6.42 Å². The summed E-state index contributed by atoms with van der Waals surface area (Å²) < 4.78 is 9.12. The van der Waals surface area contributed by atoms with Crippen LogP contribution in [0.15, 0.2) is 150 Å². The fourth-order valence-corrected chi connectivity index (χ4v) is 7.67. The summed E-state index contributed by atoms with van der Waals surface area (Å²) in [6.45, 7) is 0. The molecule has 0 radical (unpaired) electrons. The maximum absolute atomic E-state index is 6.67. The van der Waals surface area contributed by atoms with Gasteiger partial charge in [-0.15, -0.1) is 0 Å². The van der Waals surface area contributed by atoms with Crippen LogP contribution < -0.4 is 0 Å². The normalized spacial score (nSPS) is 15.7. The number of benzene rings is 5. The van der Waals surface area contributed by atoms with Crippen molar-refractivity contribution in [3.8, 4) is 22.8 Å². The second kappa shape index (κ2) is 11.7. The summed E-state index contributed by atoms with van der Waals surface area (Å²) in [6, 6.07) is 44.6. The largest absolute Gasteiger partial charge is 0.460 e. The van der Waals surface area contributed by atoms with Gasteiger partial charge in [0, 0.05) is 50.3 Å². The molecule has 238 valence electrons. The molecule has 0 saturated carbocycles. The molecule has 5 aromatic carbocycles. The fraction of sp³-hybridized carbons (Fsp3) is 0.0889. The molecule has 10 rings (SSSR count). The number of hydrogen-bond donors (Lipinski definition) is 0. The van der Waals surface area contributed by atoms with Crippen molar-refractivity contribution in [2.75, 3.05) is 0 Å². The van der Waals surface area contributed by atoms with Crippen LogP contribution in [0.2, 0.25) is 0 Å². The Bertz CT molecular complexity index is 2620. The number of furan rings is 1. The Hall–Kier alpha value is -6.33. The number of para-hydroxylation sites is 2. The standard InChI is InChI=1S/C45H32N4O/c1-3-11-29(12-4-1)30-19-21-32(22-20-30)44-46-43(31-13-5-2-6-14-31)47-45(48-44)33-23-25-37-38-26-24-34(28-42(38)50-41(37)27-33)49-39-17-9-7-15-35(39)36-16-8-10-18-40(36)49/h1-19,21,23-27,34H,20,22,28H2. The van der Waals surface area contributed by atoms with Crippen LogP contribution in [0.1, 0.15) is 41.6 Å². The number of hydrogen-bond acceptors (Lipinski definition) is 4. The number of allylic oxidation sites excluding steroid dienone is 5. The summed E-state index contributed by atoms with van der Waals surface area (Å²) in [6.07, 6.45) is 11.5. The molecule has 0 saturated heterocycles. The van der Waals surface area contributed by atoms with Crippen molar-refractivity contribution in [3.63, 3.8) is 0 Å². The first-order valence-electron chi connectivity index (χ1n) is 17.3. The van der Waals surface area contributed by atoms with Gasteiger partial charge in [-0.25, -0.2) is 15.0 Å². The van der Waals surface area contributed by atoms with Gasteiger partial charge in [-0.2, -0.15) is 0 Å². The van der Waals surface area contributed by atoms with E-state index in [1.165, 1.54) is 32.9 Å². The van der Waals surface area contributed by atoms with Gasteiger partial charge in [0.1, 0.15) is 11.3 Å². The van der Waals surface area contributed by atoms with Gasteiger partial charge in [0.25, 0.3) is 0 Å². The second-order valence-electron chi connectivity index (χ2n) is 13.1. The Balaban J connectivity index is 1.03. The van der Waals surface area contributed by atoms with Crippen LogP contribution in [0.4, 0.5) is 0 Å². The number of nitrogens with zero attached hydrogens (tertiary/aromatic N) is 4. The Labute approximate surface area is 289 Å². The zero-order chi connectivity index (χ0) is 33.0. The zero-order valence-electron chi connectivity index (χ0n) is 27.3. The lowest BCUT2D eigenvalue weighted by molar-refractivity contribution is 0.499. The Morgan fingerprint density at radius 3 is 1.84 bits per heavy atom. The summed E-state index contributed by atoms with van der Waals surface area (Å²) in [7, 11) is 0. The topological polar surface area (TPSA) is 56.7 Å². The number of aromatic nitrogens is 4. The molecule has 0 spiro atoms. The molecule has 1 unspecified atom stereocenters. The summed E-state index contributed by atoms with van der Waals surface area (Å²) in [5, 5.41) is 3.66. The van der Waals surface area contributed by atoms with Crippen molar-refractivity contribution >= 4 is 50.0 Å². The molecule has 1 atom stereocenters. The molecule has 3 aromatic heterocycles. The highest BCUT2D eigenvalue weighted by molar-refractivity contribution is 6.08. The molecule has 0 bridgehead atoms. The van der Waals surface area contributed by atoms with Crippen molar-refractivity contribution in [1.29, 1.82) is 0 Å². The van der Waals surface area contributed by atoms with E-state index in [0.717, 1.165) is 58.3 Å². The highest BCUT2D eigenvalue weighted by atomic mass is 16.3. The molecule has 50 heavy (non-hydrogen) atoms. The number of fused-ring (bicyclic) bond motifs is 6. The van der Waals surface area contributed by atoms with Crippen LogP contribution in [0.5, 0.6) is 0 Å². The lowest BCUT2D eigenvalue weighted by Gasteiger charge is -2.20. The van der Waals surface area contributed by atoms with E-state index in [2.05, 4.69) is 138 Å². The smallest absolute Gasteiger partial charge is 0.164 e. The molecule has 0 aliphatic heterocycles. The highest BCUT2D eigenvalue weighted by Gasteiger charge is 2.25. The average Bonchev–Trinajstić information content (AvgIpc) is 3.73. The van der Waals surface area contributed by atoms with Crippen molar-refractivity contribution < 1.29 is 4.42 Å². The van der Waals surface area contributed by atoms with Crippen LogP contribution in [-0.4, -0.2) is 19.5 Å². The number of rotatable bonds is 5. The van der Waals surface area contributed by atoms with Crippen molar-refractivity contribution in [2.24, 2.45) is 0 Å². The average molecular weight is 645 g/mol. The summed E-state index contributed by atoms with van der Waals surface area (Å²) in [5.74, 6) is 3.02. The van der Waals surface area contributed by atoms with E-state index in [0.29, 0.717) is 17.5 Å². The second-order valence-corrected chi connectivity index (χ2v) is 13.1. The molecular weight excluding hydrogens is 613 g/mol. The van der Waals surface area contributed by atoms with Gasteiger partial charge in [0.15, 0.2) is 17.5 Å². The van der Waals surface area contributed by atoms with Gasteiger partial charge in [0.05, 0.1) is 6.04 Å². The van der Waals surface area contributed by atoms with E-state index >= 15 is 0 Å². The minimum absolute atomic E-state index is 0.145. The van der Waals surface area contributed by atoms with Crippen LogP contribution in [0.3, 0.4) is 0 Å². The highest BCUT2D eigenvalue weighted by Crippen LogP contribution is 2.40.